The van der Waals surface area contributed by atoms with Crippen LogP contribution in [0.4, 0.5) is 0 Å². The van der Waals surface area contributed by atoms with E-state index in [0.29, 0.717) is 0 Å². The molecule has 0 aliphatic carbocycles. The molecule has 108 valence electrons. The quantitative estimate of drug-likeness (QED) is 0.490. The van der Waals surface area contributed by atoms with Gasteiger partial charge in [-0.1, -0.05) is 25.7 Å². The van der Waals surface area contributed by atoms with Crippen LogP contribution in [0.25, 0.3) is 0 Å². The predicted octanol–water partition coefficient (Wildman–Crippen LogP) is 3.10. The maximum atomic E-state index is 6.06. The predicted molar refractivity (Wildman–Crippen MR) is 81.0 cm³/mol. The van der Waals surface area contributed by atoms with Crippen LogP contribution in [-0.4, -0.2) is 39.3 Å². The molecule has 0 aromatic heterocycles. The van der Waals surface area contributed by atoms with Crippen LogP contribution in [0.3, 0.4) is 0 Å². The van der Waals surface area contributed by atoms with E-state index >= 15 is 0 Å². The monoisotopic (exact) mass is 272 g/mol. The van der Waals surface area contributed by atoms with Gasteiger partial charge in [-0.05, 0) is 58.4 Å². The van der Waals surface area contributed by atoms with Crippen LogP contribution in [0.15, 0.2) is 0 Å². The fraction of sp³-hybridized carbons (Fsp3) is 1.00. The second kappa shape index (κ2) is 9.07. The van der Waals surface area contributed by atoms with E-state index in [1.54, 1.807) is 0 Å². The standard InChI is InChI=1S/C14H32N2OSi/c1-3-17-18(2)14-10-13-16(18)12-9-7-5-4-6-8-11-15/h3-15H2,1-2H3. The summed E-state index contributed by atoms with van der Waals surface area (Å²) in [6.07, 6.45) is 9.31. The molecule has 1 atom stereocenters. The van der Waals surface area contributed by atoms with Gasteiger partial charge < -0.3 is 14.7 Å². The molecular formula is C14H32N2OSi. The Balaban J connectivity index is 2.07. The number of nitrogens with zero attached hydrogens (tertiary/aromatic N) is 1. The third kappa shape index (κ3) is 5.39. The number of hydrogen-bond acceptors (Lipinski definition) is 3. The van der Waals surface area contributed by atoms with E-state index in [-0.39, 0.29) is 0 Å². The zero-order valence-corrected chi connectivity index (χ0v) is 13.4. The van der Waals surface area contributed by atoms with Gasteiger partial charge in [0.15, 0.2) is 0 Å². The molecule has 1 unspecified atom stereocenters. The second-order valence-electron chi connectivity index (χ2n) is 5.61. The smallest absolute Gasteiger partial charge is 0.268 e. The first-order valence-corrected chi connectivity index (χ1v) is 10.4. The molecule has 0 spiro atoms. The lowest BCUT2D eigenvalue weighted by Gasteiger charge is -2.32. The van der Waals surface area contributed by atoms with E-state index in [4.69, 9.17) is 10.2 Å². The molecule has 1 saturated heterocycles. The zero-order chi connectivity index (χ0) is 13.3. The second-order valence-corrected chi connectivity index (χ2v) is 9.38. The number of rotatable bonds is 10. The summed E-state index contributed by atoms with van der Waals surface area (Å²) in [4.78, 5) is 0. The lowest BCUT2D eigenvalue weighted by atomic mass is 10.1. The van der Waals surface area contributed by atoms with Crippen molar-refractivity contribution >= 4 is 8.48 Å². The van der Waals surface area contributed by atoms with Crippen molar-refractivity contribution in [1.82, 2.24) is 4.57 Å². The Morgan fingerprint density at radius 2 is 1.78 bits per heavy atom. The van der Waals surface area contributed by atoms with Gasteiger partial charge in [-0.25, -0.2) is 0 Å². The molecule has 0 aromatic rings. The summed E-state index contributed by atoms with van der Waals surface area (Å²) >= 11 is 0. The summed E-state index contributed by atoms with van der Waals surface area (Å²) < 4.78 is 8.74. The van der Waals surface area contributed by atoms with Gasteiger partial charge in [-0.15, -0.1) is 0 Å². The number of unbranched alkanes of at least 4 members (excludes halogenated alkanes) is 5. The highest BCUT2D eigenvalue weighted by atomic mass is 28.4. The third-order valence-corrected chi connectivity index (χ3v) is 8.05. The van der Waals surface area contributed by atoms with Crippen LogP contribution >= 0.6 is 0 Å². The highest BCUT2D eigenvalue weighted by Gasteiger charge is 2.40. The molecule has 1 rings (SSSR count). The van der Waals surface area contributed by atoms with E-state index in [0.717, 1.165) is 13.2 Å². The maximum absolute atomic E-state index is 6.06. The molecule has 0 radical (unpaired) electrons. The minimum atomic E-state index is -1.48. The molecule has 1 aliphatic heterocycles. The first-order valence-electron chi connectivity index (χ1n) is 7.82. The van der Waals surface area contributed by atoms with Crippen molar-refractivity contribution in [2.45, 2.75) is 64.5 Å². The van der Waals surface area contributed by atoms with Gasteiger partial charge in [0, 0.05) is 6.61 Å². The van der Waals surface area contributed by atoms with Crippen molar-refractivity contribution in [1.29, 1.82) is 0 Å². The number of hydrogen-bond donors (Lipinski definition) is 1. The van der Waals surface area contributed by atoms with Crippen molar-refractivity contribution < 1.29 is 4.43 Å². The van der Waals surface area contributed by atoms with Crippen molar-refractivity contribution in [3.05, 3.63) is 0 Å². The summed E-state index contributed by atoms with van der Waals surface area (Å²) in [5, 5.41) is 0. The third-order valence-electron chi connectivity index (χ3n) is 4.08. The van der Waals surface area contributed by atoms with Gasteiger partial charge in [0.1, 0.15) is 0 Å². The largest absolute Gasteiger partial charge is 0.403 e. The van der Waals surface area contributed by atoms with Crippen LogP contribution in [0.1, 0.15) is 51.9 Å². The van der Waals surface area contributed by atoms with Gasteiger partial charge in [0.25, 0.3) is 8.48 Å². The minimum Gasteiger partial charge on any atom is -0.403 e. The molecule has 18 heavy (non-hydrogen) atoms. The Morgan fingerprint density at radius 3 is 2.44 bits per heavy atom. The first-order chi connectivity index (χ1) is 8.73. The van der Waals surface area contributed by atoms with Gasteiger partial charge >= 0.3 is 0 Å². The topological polar surface area (TPSA) is 38.5 Å². The van der Waals surface area contributed by atoms with Crippen LogP contribution in [-0.2, 0) is 4.43 Å². The van der Waals surface area contributed by atoms with Crippen molar-refractivity contribution in [3.8, 4) is 0 Å². The Kier molecular flexibility index (Phi) is 8.14. The number of nitrogens with two attached hydrogens (primary N) is 1. The Bertz CT molecular complexity index is 216. The van der Waals surface area contributed by atoms with E-state index in [9.17, 15) is 0 Å². The van der Waals surface area contributed by atoms with Crippen LogP contribution in [0.5, 0.6) is 0 Å². The summed E-state index contributed by atoms with van der Waals surface area (Å²) in [6, 6.07) is 1.33. The Morgan fingerprint density at radius 1 is 1.11 bits per heavy atom. The molecule has 4 heteroatoms. The highest BCUT2D eigenvalue weighted by Crippen LogP contribution is 2.27. The summed E-state index contributed by atoms with van der Waals surface area (Å²) in [6.45, 7) is 8.80. The van der Waals surface area contributed by atoms with Gasteiger partial charge in [0.2, 0.25) is 0 Å². The summed E-state index contributed by atoms with van der Waals surface area (Å²) in [5.41, 5.74) is 5.49. The normalized spacial score (nSPS) is 24.8. The fourth-order valence-electron chi connectivity index (χ4n) is 2.97. The van der Waals surface area contributed by atoms with Crippen LogP contribution in [0.2, 0.25) is 12.6 Å². The molecule has 1 fully saturated rings. The van der Waals surface area contributed by atoms with Gasteiger partial charge in [-0.3, -0.25) is 0 Å². The summed E-state index contributed by atoms with van der Waals surface area (Å²) in [7, 11) is -1.48. The molecule has 0 amide bonds. The molecule has 0 saturated carbocycles. The van der Waals surface area contributed by atoms with Crippen molar-refractivity contribution in [3.63, 3.8) is 0 Å². The Labute approximate surface area is 114 Å². The van der Waals surface area contributed by atoms with Crippen LogP contribution < -0.4 is 5.73 Å². The zero-order valence-electron chi connectivity index (χ0n) is 12.4. The average molecular weight is 273 g/mol. The highest BCUT2D eigenvalue weighted by molar-refractivity contribution is 6.70. The lowest BCUT2D eigenvalue weighted by Crippen LogP contribution is -2.49. The Hall–Kier alpha value is 0.0969. The first kappa shape index (κ1) is 16.2. The maximum Gasteiger partial charge on any atom is 0.268 e. The summed E-state index contributed by atoms with van der Waals surface area (Å²) in [5.74, 6) is 0. The van der Waals surface area contributed by atoms with Crippen molar-refractivity contribution in [2.75, 3.05) is 26.2 Å². The molecule has 1 heterocycles. The molecule has 1 aliphatic rings. The lowest BCUT2D eigenvalue weighted by molar-refractivity contribution is 0.267. The van der Waals surface area contributed by atoms with Gasteiger partial charge in [-0.2, -0.15) is 0 Å². The van der Waals surface area contributed by atoms with Crippen molar-refractivity contribution in [2.24, 2.45) is 5.73 Å². The molecule has 2 N–H and O–H groups in total. The van der Waals surface area contributed by atoms with Crippen LogP contribution in [0, 0.1) is 0 Å². The van der Waals surface area contributed by atoms with E-state index in [2.05, 4.69) is 18.0 Å². The van der Waals surface area contributed by atoms with E-state index < -0.39 is 8.48 Å². The van der Waals surface area contributed by atoms with E-state index in [1.165, 1.54) is 64.1 Å². The van der Waals surface area contributed by atoms with Gasteiger partial charge in [0.05, 0.1) is 0 Å². The average Bonchev–Trinajstić information content (AvgIpc) is 2.70. The molecular weight excluding hydrogens is 240 g/mol. The minimum absolute atomic E-state index is 0.853. The molecule has 0 bridgehead atoms. The fourth-order valence-corrected chi connectivity index (χ4v) is 6.31. The molecule has 0 aromatic carbocycles. The van der Waals surface area contributed by atoms with E-state index in [1.807, 2.05) is 0 Å². The molecule has 3 nitrogen and oxygen atoms in total. The SMILES string of the molecule is CCO[Si]1(C)CCCN1CCCCCCCCN.